The molecule has 10 heteroatoms. The van der Waals surface area contributed by atoms with Crippen LogP contribution in [0.5, 0.6) is 0 Å². The van der Waals surface area contributed by atoms with Crippen LogP contribution in [0.4, 0.5) is 4.79 Å². The van der Waals surface area contributed by atoms with Crippen LogP contribution in [0, 0.1) is 0 Å². The second-order valence-electron chi connectivity index (χ2n) is 7.47. The maximum atomic E-state index is 12.6. The highest BCUT2D eigenvalue weighted by Gasteiger charge is 2.28. The number of rotatable bonds is 10. The molecule has 0 aliphatic heterocycles. The smallest absolute Gasteiger partial charge is 0.407 e. The number of esters is 1. The lowest BCUT2D eigenvalue weighted by atomic mass is 9.97. The number of nitrogens with zero attached hydrogens (tertiary/aromatic N) is 2. The number of nitrogens with one attached hydrogen (secondary N) is 3. The maximum absolute atomic E-state index is 12.6. The number of hydrogen-bond donors (Lipinski definition) is 3. The summed E-state index contributed by atoms with van der Waals surface area (Å²) >= 11 is 0. The zero-order chi connectivity index (χ0) is 24.3. The predicted octanol–water partition coefficient (Wildman–Crippen LogP) is 2.49. The fraction of sp³-hybridized carbons (Fsp3) is 0.292. The minimum Gasteiger partial charge on any atom is -0.464 e. The van der Waals surface area contributed by atoms with E-state index in [9.17, 15) is 14.4 Å². The van der Waals surface area contributed by atoms with Crippen molar-refractivity contribution < 1.29 is 23.9 Å². The summed E-state index contributed by atoms with van der Waals surface area (Å²) in [5.74, 6) is -1.08. The van der Waals surface area contributed by atoms with Crippen molar-refractivity contribution >= 4 is 18.0 Å². The second-order valence-corrected chi connectivity index (χ2v) is 7.47. The number of aromatic amines is 1. The lowest BCUT2D eigenvalue weighted by Crippen LogP contribution is -2.48. The van der Waals surface area contributed by atoms with Crippen molar-refractivity contribution in [3.05, 3.63) is 72.1 Å². The van der Waals surface area contributed by atoms with Gasteiger partial charge < -0.3 is 20.1 Å². The quantitative estimate of drug-likeness (QED) is 0.392. The van der Waals surface area contributed by atoms with Crippen LogP contribution in [0.2, 0.25) is 0 Å². The first-order valence-corrected chi connectivity index (χ1v) is 10.8. The Hall–Kier alpha value is -4.21. The van der Waals surface area contributed by atoms with Gasteiger partial charge in [-0.1, -0.05) is 54.6 Å². The number of benzene rings is 2. The number of carbonyl (C=O) groups is 3. The van der Waals surface area contributed by atoms with Gasteiger partial charge in [0.25, 0.3) is 5.91 Å². The Morgan fingerprint density at radius 3 is 2.32 bits per heavy atom. The van der Waals surface area contributed by atoms with Crippen LogP contribution in [0.3, 0.4) is 0 Å². The highest BCUT2D eigenvalue weighted by Crippen LogP contribution is 2.20. The molecule has 0 saturated heterocycles. The SMILES string of the molecule is CCOC(=O)C(CC(Cc1ccc(-c2ccccc2)cc1)NC(=O)c1cn[nH]n1)NC(=O)OC. The van der Waals surface area contributed by atoms with Gasteiger partial charge in [-0.2, -0.15) is 15.4 Å². The topological polar surface area (TPSA) is 135 Å². The molecule has 0 spiro atoms. The summed E-state index contributed by atoms with van der Waals surface area (Å²) < 4.78 is 9.73. The van der Waals surface area contributed by atoms with Crippen LogP contribution in [0.15, 0.2) is 60.8 Å². The molecule has 0 aliphatic carbocycles. The molecule has 2 amide bonds. The van der Waals surface area contributed by atoms with E-state index in [0.717, 1.165) is 16.7 Å². The molecule has 1 aromatic heterocycles. The third-order valence-electron chi connectivity index (χ3n) is 5.09. The summed E-state index contributed by atoms with van der Waals surface area (Å²) in [5, 5.41) is 15.2. The van der Waals surface area contributed by atoms with E-state index in [1.165, 1.54) is 13.3 Å². The van der Waals surface area contributed by atoms with Crippen molar-refractivity contribution in [2.45, 2.75) is 31.8 Å². The molecule has 2 atom stereocenters. The van der Waals surface area contributed by atoms with Crippen LogP contribution in [0.25, 0.3) is 11.1 Å². The zero-order valence-corrected chi connectivity index (χ0v) is 19.0. The van der Waals surface area contributed by atoms with Crippen LogP contribution >= 0.6 is 0 Å². The zero-order valence-electron chi connectivity index (χ0n) is 19.0. The normalized spacial score (nSPS) is 12.3. The van der Waals surface area contributed by atoms with Gasteiger partial charge >= 0.3 is 12.1 Å². The predicted molar refractivity (Wildman–Crippen MR) is 124 cm³/mol. The Bertz CT molecular complexity index is 1070. The van der Waals surface area contributed by atoms with E-state index < -0.39 is 30.1 Å². The Kier molecular flexibility index (Phi) is 8.73. The number of ether oxygens (including phenoxy) is 2. The first-order chi connectivity index (χ1) is 16.5. The summed E-state index contributed by atoms with van der Waals surface area (Å²) in [5.41, 5.74) is 3.20. The number of amides is 2. The molecule has 178 valence electrons. The van der Waals surface area contributed by atoms with Crippen molar-refractivity contribution in [3.8, 4) is 11.1 Å². The lowest BCUT2D eigenvalue weighted by molar-refractivity contribution is -0.145. The Balaban J connectivity index is 1.79. The number of carbonyl (C=O) groups excluding carboxylic acids is 3. The monoisotopic (exact) mass is 465 g/mol. The van der Waals surface area contributed by atoms with E-state index in [4.69, 9.17) is 4.74 Å². The second kappa shape index (κ2) is 12.1. The third-order valence-corrected chi connectivity index (χ3v) is 5.09. The first kappa shape index (κ1) is 24.4. The minimum atomic E-state index is -1.02. The average molecular weight is 466 g/mol. The maximum Gasteiger partial charge on any atom is 0.407 e. The van der Waals surface area contributed by atoms with Gasteiger partial charge in [0.05, 0.1) is 19.9 Å². The molecule has 3 N–H and O–H groups in total. The molecule has 2 unspecified atom stereocenters. The van der Waals surface area contributed by atoms with Crippen molar-refractivity contribution in [2.75, 3.05) is 13.7 Å². The molecule has 2 aromatic carbocycles. The van der Waals surface area contributed by atoms with Crippen LogP contribution < -0.4 is 10.6 Å². The molecular weight excluding hydrogens is 438 g/mol. The van der Waals surface area contributed by atoms with E-state index >= 15 is 0 Å². The lowest BCUT2D eigenvalue weighted by Gasteiger charge is -2.24. The molecule has 0 bridgehead atoms. The van der Waals surface area contributed by atoms with E-state index in [1.807, 2.05) is 54.6 Å². The third kappa shape index (κ3) is 6.89. The highest BCUT2D eigenvalue weighted by atomic mass is 16.5. The highest BCUT2D eigenvalue weighted by molar-refractivity contribution is 5.92. The Morgan fingerprint density at radius 1 is 1.00 bits per heavy atom. The fourth-order valence-electron chi connectivity index (χ4n) is 3.45. The summed E-state index contributed by atoms with van der Waals surface area (Å²) in [4.78, 5) is 36.9. The van der Waals surface area contributed by atoms with Crippen LogP contribution in [-0.4, -0.2) is 59.2 Å². The van der Waals surface area contributed by atoms with Gasteiger partial charge in [-0.25, -0.2) is 9.59 Å². The van der Waals surface area contributed by atoms with Crippen LogP contribution in [-0.2, 0) is 20.7 Å². The summed E-state index contributed by atoms with van der Waals surface area (Å²) in [7, 11) is 1.20. The van der Waals surface area contributed by atoms with E-state index in [0.29, 0.717) is 6.42 Å². The van der Waals surface area contributed by atoms with E-state index in [2.05, 4.69) is 30.8 Å². The minimum absolute atomic E-state index is 0.0813. The van der Waals surface area contributed by atoms with Crippen LogP contribution in [0.1, 0.15) is 29.4 Å². The van der Waals surface area contributed by atoms with E-state index in [-0.39, 0.29) is 18.7 Å². The first-order valence-electron chi connectivity index (χ1n) is 10.8. The molecule has 34 heavy (non-hydrogen) atoms. The standard InChI is InChI=1S/C24H27N5O5/c1-3-34-23(31)20(27-24(32)33-2)14-19(26-22(30)21-15-25-29-28-21)13-16-9-11-18(12-10-16)17-7-5-4-6-8-17/h4-12,15,19-20H,3,13-14H2,1-2H3,(H,26,30)(H,27,32)(H,25,28,29). The van der Waals surface area contributed by atoms with Crippen molar-refractivity contribution in [1.82, 2.24) is 26.0 Å². The van der Waals surface area contributed by atoms with Gasteiger partial charge in [-0.3, -0.25) is 4.79 Å². The Morgan fingerprint density at radius 2 is 1.71 bits per heavy atom. The van der Waals surface area contributed by atoms with E-state index in [1.54, 1.807) is 6.92 Å². The molecule has 3 rings (SSSR count). The molecule has 0 fully saturated rings. The molecule has 0 aliphatic rings. The number of aromatic nitrogens is 3. The van der Waals surface area contributed by atoms with Gasteiger partial charge in [0.15, 0.2) is 5.69 Å². The fourth-order valence-corrected chi connectivity index (χ4v) is 3.45. The molecule has 0 saturated carbocycles. The largest absolute Gasteiger partial charge is 0.464 e. The van der Waals surface area contributed by atoms with Gasteiger partial charge in [0, 0.05) is 6.04 Å². The summed E-state index contributed by atoms with van der Waals surface area (Å²) in [6.45, 7) is 1.82. The molecule has 1 heterocycles. The van der Waals surface area contributed by atoms with Gasteiger partial charge in [-0.15, -0.1) is 0 Å². The molecular formula is C24H27N5O5. The Labute approximate surface area is 197 Å². The van der Waals surface area contributed by atoms with Gasteiger partial charge in [0.2, 0.25) is 0 Å². The van der Waals surface area contributed by atoms with Crippen molar-refractivity contribution in [1.29, 1.82) is 0 Å². The van der Waals surface area contributed by atoms with Crippen molar-refractivity contribution in [3.63, 3.8) is 0 Å². The van der Waals surface area contributed by atoms with Gasteiger partial charge in [0.1, 0.15) is 6.04 Å². The molecule has 10 nitrogen and oxygen atoms in total. The molecule has 3 aromatic rings. The molecule has 0 radical (unpaired) electrons. The number of hydrogen-bond acceptors (Lipinski definition) is 7. The summed E-state index contributed by atoms with van der Waals surface area (Å²) in [6, 6.07) is 16.3. The average Bonchev–Trinajstić information content (AvgIpc) is 3.40. The summed E-state index contributed by atoms with van der Waals surface area (Å²) in [6.07, 6.45) is 1.01. The van der Waals surface area contributed by atoms with Gasteiger partial charge in [-0.05, 0) is 36.5 Å². The number of methoxy groups -OCH3 is 1. The van der Waals surface area contributed by atoms with Crippen molar-refractivity contribution in [2.24, 2.45) is 0 Å². The number of H-pyrrole nitrogens is 1. The number of alkyl carbamates (subject to hydrolysis) is 1.